The molecule has 0 N–H and O–H groups in total. The second-order valence-corrected chi connectivity index (χ2v) is 5.27. The maximum Gasteiger partial charge on any atom is 0.270 e. The van der Waals surface area contributed by atoms with Crippen LogP contribution in [-0.2, 0) is 13.6 Å². The van der Waals surface area contributed by atoms with E-state index >= 15 is 0 Å². The molecule has 0 spiro atoms. The molecule has 22 heavy (non-hydrogen) atoms. The van der Waals surface area contributed by atoms with Gasteiger partial charge in [0.05, 0.1) is 18.9 Å². The Labute approximate surface area is 128 Å². The average molecular weight is 298 g/mol. The number of methoxy groups -OCH3 is 1. The highest BCUT2D eigenvalue weighted by atomic mass is 16.5. The predicted molar refractivity (Wildman–Crippen MR) is 84.0 cm³/mol. The standard InChI is InChI=1S/C17H18N2O3/c1-18(11-12-4-6-13(21-3)7-5-12)17(20)15-10-16-14(19(15)2)8-9-22-16/h4-10H,11H2,1-3H3. The normalized spacial score (nSPS) is 10.9. The maximum atomic E-state index is 12.6. The number of hydrogen-bond acceptors (Lipinski definition) is 3. The third-order valence-electron chi connectivity index (χ3n) is 3.81. The van der Waals surface area contributed by atoms with Gasteiger partial charge in [-0.05, 0) is 17.7 Å². The van der Waals surface area contributed by atoms with Gasteiger partial charge in [0, 0.05) is 32.8 Å². The number of furan rings is 1. The van der Waals surface area contributed by atoms with E-state index in [1.807, 2.05) is 41.9 Å². The van der Waals surface area contributed by atoms with Gasteiger partial charge >= 0.3 is 0 Å². The molecule has 114 valence electrons. The highest BCUT2D eigenvalue weighted by molar-refractivity contribution is 5.97. The maximum absolute atomic E-state index is 12.6. The summed E-state index contributed by atoms with van der Waals surface area (Å²) in [6, 6.07) is 11.3. The molecule has 1 aromatic carbocycles. The van der Waals surface area contributed by atoms with Crippen LogP contribution in [-0.4, -0.2) is 29.5 Å². The predicted octanol–water partition coefficient (Wildman–Crippen LogP) is 3.05. The molecule has 0 fully saturated rings. The Hall–Kier alpha value is -2.69. The lowest BCUT2D eigenvalue weighted by molar-refractivity contribution is 0.0776. The summed E-state index contributed by atoms with van der Waals surface area (Å²) < 4.78 is 12.3. The number of hydrogen-bond donors (Lipinski definition) is 0. The summed E-state index contributed by atoms with van der Waals surface area (Å²) in [7, 11) is 5.30. The van der Waals surface area contributed by atoms with Gasteiger partial charge in [-0.2, -0.15) is 0 Å². The first kappa shape index (κ1) is 14.3. The zero-order chi connectivity index (χ0) is 15.7. The number of nitrogens with zero attached hydrogens (tertiary/aromatic N) is 2. The Kier molecular flexibility index (Phi) is 3.63. The third-order valence-corrected chi connectivity index (χ3v) is 3.81. The van der Waals surface area contributed by atoms with Gasteiger partial charge in [0.2, 0.25) is 0 Å². The first-order valence-corrected chi connectivity index (χ1v) is 7.01. The van der Waals surface area contributed by atoms with Gasteiger partial charge in [-0.25, -0.2) is 0 Å². The van der Waals surface area contributed by atoms with Gasteiger partial charge in [0.15, 0.2) is 5.58 Å². The lowest BCUT2D eigenvalue weighted by atomic mass is 10.2. The summed E-state index contributed by atoms with van der Waals surface area (Å²) in [5.41, 5.74) is 3.31. The number of carbonyl (C=O) groups is 1. The average Bonchev–Trinajstić information content (AvgIpc) is 3.10. The monoisotopic (exact) mass is 298 g/mol. The lowest BCUT2D eigenvalue weighted by Crippen LogP contribution is -2.27. The van der Waals surface area contributed by atoms with Gasteiger partial charge in [0.25, 0.3) is 5.91 Å². The fourth-order valence-corrected chi connectivity index (χ4v) is 2.53. The molecule has 0 unspecified atom stereocenters. The molecule has 0 saturated carbocycles. The topological polar surface area (TPSA) is 47.6 Å². The SMILES string of the molecule is COc1ccc(CN(C)C(=O)c2cc3occc3n2C)cc1. The Morgan fingerprint density at radius 1 is 1.27 bits per heavy atom. The van der Waals surface area contributed by atoms with Crippen molar-refractivity contribution in [3.8, 4) is 5.75 Å². The smallest absolute Gasteiger partial charge is 0.270 e. The molecular weight excluding hydrogens is 280 g/mol. The van der Waals surface area contributed by atoms with Crippen LogP contribution in [0.25, 0.3) is 11.1 Å². The first-order chi connectivity index (χ1) is 10.6. The summed E-state index contributed by atoms with van der Waals surface area (Å²) >= 11 is 0. The number of aromatic nitrogens is 1. The van der Waals surface area contributed by atoms with Gasteiger partial charge < -0.3 is 18.6 Å². The second kappa shape index (κ2) is 5.60. The molecule has 0 bridgehead atoms. The van der Waals surface area contributed by atoms with Crippen LogP contribution >= 0.6 is 0 Å². The number of aryl methyl sites for hydroxylation is 1. The van der Waals surface area contributed by atoms with E-state index in [0.29, 0.717) is 12.2 Å². The molecule has 5 nitrogen and oxygen atoms in total. The van der Waals surface area contributed by atoms with Gasteiger partial charge in [-0.15, -0.1) is 0 Å². The highest BCUT2D eigenvalue weighted by Gasteiger charge is 2.18. The molecule has 2 heterocycles. The number of carbonyl (C=O) groups excluding carboxylic acids is 1. The molecule has 0 aliphatic rings. The van der Waals surface area contributed by atoms with Crippen LogP contribution in [0.5, 0.6) is 5.75 Å². The quantitative estimate of drug-likeness (QED) is 0.744. The number of ether oxygens (including phenoxy) is 1. The van der Waals surface area contributed by atoms with Crippen LogP contribution in [0, 0.1) is 0 Å². The van der Waals surface area contributed by atoms with Crippen LogP contribution in [0.3, 0.4) is 0 Å². The van der Waals surface area contributed by atoms with Crippen molar-refractivity contribution in [2.75, 3.05) is 14.2 Å². The number of amides is 1. The van der Waals surface area contributed by atoms with E-state index in [9.17, 15) is 4.79 Å². The van der Waals surface area contributed by atoms with Crippen LogP contribution in [0.4, 0.5) is 0 Å². The third kappa shape index (κ3) is 2.45. The van der Waals surface area contributed by atoms with E-state index in [1.165, 1.54) is 0 Å². The van der Waals surface area contributed by atoms with E-state index in [2.05, 4.69) is 0 Å². The molecule has 2 aromatic heterocycles. The largest absolute Gasteiger partial charge is 0.497 e. The Bertz CT molecular complexity index is 799. The van der Waals surface area contributed by atoms with Gasteiger partial charge in [0.1, 0.15) is 11.4 Å². The van der Waals surface area contributed by atoms with Crippen LogP contribution in [0.2, 0.25) is 0 Å². The Morgan fingerprint density at radius 2 is 2.00 bits per heavy atom. The van der Waals surface area contributed by atoms with Crippen molar-refractivity contribution in [2.45, 2.75) is 6.54 Å². The van der Waals surface area contributed by atoms with E-state index in [1.54, 1.807) is 31.4 Å². The molecule has 0 radical (unpaired) electrons. The minimum Gasteiger partial charge on any atom is -0.497 e. The molecular formula is C17H18N2O3. The molecule has 0 saturated heterocycles. The molecule has 0 aliphatic heterocycles. The Balaban J connectivity index is 1.78. The first-order valence-electron chi connectivity index (χ1n) is 7.01. The number of benzene rings is 1. The van der Waals surface area contributed by atoms with Crippen molar-refractivity contribution in [1.29, 1.82) is 0 Å². The van der Waals surface area contributed by atoms with E-state index in [-0.39, 0.29) is 5.91 Å². The van der Waals surface area contributed by atoms with Crippen molar-refractivity contribution in [3.63, 3.8) is 0 Å². The van der Waals surface area contributed by atoms with Crippen LogP contribution in [0.1, 0.15) is 16.1 Å². The second-order valence-electron chi connectivity index (χ2n) is 5.27. The van der Waals surface area contributed by atoms with E-state index in [4.69, 9.17) is 9.15 Å². The summed E-state index contributed by atoms with van der Waals surface area (Å²) in [6.45, 7) is 0.537. The molecule has 0 atom stereocenters. The summed E-state index contributed by atoms with van der Waals surface area (Å²) in [6.07, 6.45) is 1.62. The van der Waals surface area contributed by atoms with Gasteiger partial charge in [-0.1, -0.05) is 12.1 Å². The molecule has 0 aliphatic carbocycles. The molecule has 3 rings (SSSR count). The number of fused-ring (bicyclic) bond motifs is 1. The zero-order valence-corrected chi connectivity index (χ0v) is 12.9. The fraction of sp³-hybridized carbons (Fsp3) is 0.235. The fourth-order valence-electron chi connectivity index (χ4n) is 2.53. The van der Waals surface area contributed by atoms with Crippen molar-refractivity contribution in [2.24, 2.45) is 7.05 Å². The van der Waals surface area contributed by atoms with Crippen molar-refractivity contribution in [3.05, 3.63) is 53.9 Å². The zero-order valence-electron chi connectivity index (χ0n) is 12.9. The summed E-state index contributed by atoms with van der Waals surface area (Å²) in [5.74, 6) is 0.769. The van der Waals surface area contributed by atoms with Gasteiger partial charge in [-0.3, -0.25) is 4.79 Å². The molecule has 3 aromatic rings. The summed E-state index contributed by atoms with van der Waals surface area (Å²) in [4.78, 5) is 14.3. The van der Waals surface area contributed by atoms with Crippen molar-refractivity contribution in [1.82, 2.24) is 9.47 Å². The highest BCUT2D eigenvalue weighted by Crippen LogP contribution is 2.21. The van der Waals surface area contributed by atoms with Crippen LogP contribution in [0.15, 0.2) is 47.1 Å². The van der Waals surface area contributed by atoms with E-state index in [0.717, 1.165) is 22.4 Å². The van der Waals surface area contributed by atoms with Crippen molar-refractivity contribution < 1.29 is 13.9 Å². The minimum absolute atomic E-state index is 0.0373. The minimum atomic E-state index is -0.0373. The number of rotatable bonds is 4. The summed E-state index contributed by atoms with van der Waals surface area (Å²) in [5, 5.41) is 0. The molecule has 5 heteroatoms. The van der Waals surface area contributed by atoms with Crippen molar-refractivity contribution >= 4 is 17.0 Å². The Morgan fingerprint density at radius 3 is 2.64 bits per heavy atom. The van der Waals surface area contributed by atoms with Crippen LogP contribution < -0.4 is 4.74 Å². The molecule has 1 amide bonds. The lowest BCUT2D eigenvalue weighted by Gasteiger charge is -2.17. The van der Waals surface area contributed by atoms with E-state index < -0.39 is 0 Å².